The molecule has 1 rings (SSSR count). The second-order valence-electron chi connectivity index (χ2n) is 2.74. The van der Waals surface area contributed by atoms with Crippen LogP contribution in [0.4, 0.5) is 0 Å². The van der Waals surface area contributed by atoms with Gasteiger partial charge in [-0.25, -0.2) is 4.79 Å². The molecule has 1 unspecified atom stereocenters. The highest BCUT2D eigenvalue weighted by Crippen LogP contribution is 2.26. The van der Waals surface area contributed by atoms with E-state index in [0.717, 1.165) is 0 Å². The van der Waals surface area contributed by atoms with Crippen molar-refractivity contribution in [1.29, 1.82) is 5.26 Å². The number of hydrogen-bond donors (Lipinski definition) is 0. The van der Waals surface area contributed by atoms with Gasteiger partial charge in [0.1, 0.15) is 12.2 Å². The van der Waals surface area contributed by atoms with Gasteiger partial charge in [0.25, 0.3) is 0 Å². The molecule has 0 aromatic carbocycles. The van der Waals surface area contributed by atoms with Gasteiger partial charge in [0, 0.05) is 6.42 Å². The fraction of sp³-hybridized carbons (Fsp3) is 0.400. The molecule has 0 N–H and O–H groups in total. The number of ether oxygens (including phenoxy) is 2. The van der Waals surface area contributed by atoms with Crippen molar-refractivity contribution in [1.82, 2.24) is 0 Å². The zero-order valence-electron chi connectivity index (χ0n) is 7.95. The van der Waals surface area contributed by atoms with Crippen molar-refractivity contribution in [3.05, 3.63) is 24.0 Å². The van der Waals surface area contributed by atoms with E-state index in [1.165, 1.54) is 0 Å². The summed E-state index contributed by atoms with van der Waals surface area (Å²) in [5.41, 5.74) is 0.305. The number of carbonyl (C=O) groups is 1. The van der Waals surface area contributed by atoms with Gasteiger partial charge in [-0.3, -0.25) is 0 Å². The normalized spacial score (nSPS) is 19.9. The third-order valence-electron chi connectivity index (χ3n) is 1.83. The van der Waals surface area contributed by atoms with E-state index >= 15 is 0 Å². The fourth-order valence-corrected chi connectivity index (χ4v) is 1.18. The summed E-state index contributed by atoms with van der Waals surface area (Å²) in [5.74, 6) is -0.429. The molecule has 1 heterocycles. The summed E-state index contributed by atoms with van der Waals surface area (Å²) in [6.07, 6.45) is 1.64. The van der Waals surface area contributed by atoms with Crippen LogP contribution in [0.5, 0.6) is 0 Å². The van der Waals surface area contributed by atoms with Crippen molar-refractivity contribution in [2.75, 3.05) is 6.61 Å². The van der Waals surface area contributed by atoms with Crippen LogP contribution in [0.25, 0.3) is 0 Å². The molecule has 0 spiro atoms. The number of esters is 1. The molecule has 0 fully saturated rings. The average Bonchev–Trinajstić information content (AvgIpc) is 2.61. The smallest absolute Gasteiger partial charge is 0.338 e. The van der Waals surface area contributed by atoms with E-state index in [9.17, 15) is 4.79 Å². The molecule has 4 nitrogen and oxygen atoms in total. The fourth-order valence-electron chi connectivity index (χ4n) is 1.18. The van der Waals surface area contributed by atoms with Gasteiger partial charge in [-0.05, 0) is 6.92 Å². The lowest BCUT2D eigenvalue weighted by atomic mass is 10.1. The van der Waals surface area contributed by atoms with Crippen LogP contribution in [0, 0.1) is 11.3 Å². The van der Waals surface area contributed by atoms with Crippen LogP contribution in [-0.2, 0) is 14.3 Å². The van der Waals surface area contributed by atoms with Crippen LogP contribution in [0.3, 0.4) is 0 Å². The summed E-state index contributed by atoms with van der Waals surface area (Å²) in [4.78, 5) is 11.3. The maximum atomic E-state index is 11.3. The number of rotatable bonds is 3. The van der Waals surface area contributed by atoms with E-state index < -0.39 is 5.97 Å². The molecule has 0 amide bonds. The van der Waals surface area contributed by atoms with Crippen LogP contribution in [0.2, 0.25) is 0 Å². The number of carbonyl (C=O) groups excluding carboxylic acids is 1. The van der Waals surface area contributed by atoms with Crippen LogP contribution < -0.4 is 0 Å². The molecule has 0 radical (unpaired) electrons. The zero-order chi connectivity index (χ0) is 10.6. The van der Waals surface area contributed by atoms with Crippen LogP contribution >= 0.6 is 0 Å². The molecule has 1 aliphatic rings. The highest BCUT2D eigenvalue weighted by Gasteiger charge is 2.29. The van der Waals surface area contributed by atoms with Crippen molar-refractivity contribution < 1.29 is 14.3 Å². The number of nitriles is 1. The van der Waals surface area contributed by atoms with E-state index in [1.54, 1.807) is 13.0 Å². The van der Waals surface area contributed by atoms with E-state index in [0.29, 0.717) is 18.6 Å². The maximum Gasteiger partial charge on any atom is 0.338 e. The summed E-state index contributed by atoms with van der Waals surface area (Å²) < 4.78 is 9.93. The van der Waals surface area contributed by atoms with Gasteiger partial charge < -0.3 is 9.47 Å². The average molecular weight is 193 g/mol. The largest absolute Gasteiger partial charge is 0.475 e. The molecule has 4 heteroatoms. The molecule has 14 heavy (non-hydrogen) atoms. The van der Waals surface area contributed by atoms with Gasteiger partial charge in [0.15, 0.2) is 0 Å². The minimum atomic E-state index is -0.478. The minimum Gasteiger partial charge on any atom is -0.475 e. The Morgan fingerprint density at radius 3 is 3.14 bits per heavy atom. The van der Waals surface area contributed by atoms with Gasteiger partial charge in [-0.2, -0.15) is 5.26 Å². The first-order valence-corrected chi connectivity index (χ1v) is 4.32. The van der Waals surface area contributed by atoms with E-state index in [2.05, 4.69) is 6.58 Å². The van der Waals surface area contributed by atoms with Crippen molar-refractivity contribution in [2.24, 2.45) is 0 Å². The third kappa shape index (κ3) is 1.94. The Morgan fingerprint density at radius 1 is 1.93 bits per heavy atom. The van der Waals surface area contributed by atoms with Crippen LogP contribution in [-0.4, -0.2) is 18.7 Å². The summed E-state index contributed by atoms with van der Waals surface area (Å²) >= 11 is 0. The highest BCUT2D eigenvalue weighted by atomic mass is 16.5. The Balaban J connectivity index is 2.80. The third-order valence-corrected chi connectivity index (χ3v) is 1.83. The second kappa shape index (κ2) is 4.47. The van der Waals surface area contributed by atoms with Crippen molar-refractivity contribution in [2.45, 2.75) is 19.4 Å². The lowest BCUT2D eigenvalue weighted by Crippen LogP contribution is -2.08. The van der Waals surface area contributed by atoms with Gasteiger partial charge in [0.05, 0.1) is 12.2 Å². The lowest BCUT2D eigenvalue weighted by molar-refractivity contribution is -0.138. The van der Waals surface area contributed by atoms with Gasteiger partial charge in [-0.1, -0.05) is 12.7 Å². The first-order chi connectivity index (χ1) is 6.72. The lowest BCUT2D eigenvalue weighted by Gasteiger charge is -2.02. The van der Waals surface area contributed by atoms with E-state index in [4.69, 9.17) is 14.7 Å². The second-order valence-corrected chi connectivity index (χ2v) is 2.74. The van der Waals surface area contributed by atoms with Crippen molar-refractivity contribution in [3.63, 3.8) is 0 Å². The van der Waals surface area contributed by atoms with Gasteiger partial charge >= 0.3 is 5.97 Å². The standard InChI is InChI=1S/C10H11NO3/c1-3-7-5-8(9(6-11)14-7)10(12)13-4-2/h3,7H,1,4-5H2,2H3. The number of nitrogens with zero attached hydrogens (tertiary/aromatic N) is 1. The summed E-state index contributed by atoms with van der Waals surface area (Å²) in [7, 11) is 0. The topological polar surface area (TPSA) is 59.3 Å². The molecule has 0 aromatic rings. The Kier molecular flexibility index (Phi) is 3.29. The van der Waals surface area contributed by atoms with Crippen LogP contribution in [0.1, 0.15) is 13.3 Å². The molecule has 0 bridgehead atoms. The SMILES string of the molecule is C=CC1CC(C(=O)OCC)=C(C#N)O1. The Labute approximate surface area is 82.4 Å². The first-order valence-electron chi connectivity index (χ1n) is 4.32. The number of allylic oxidation sites excluding steroid dienone is 1. The molecule has 0 saturated carbocycles. The van der Waals surface area contributed by atoms with Crippen molar-refractivity contribution in [3.8, 4) is 6.07 Å². The zero-order valence-corrected chi connectivity index (χ0v) is 7.95. The molecule has 1 aliphatic heterocycles. The Morgan fingerprint density at radius 2 is 2.64 bits per heavy atom. The molecule has 74 valence electrons. The molecule has 0 saturated heterocycles. The van der Waals surface area contributed by atoms with E-state index in [1.807, 2.05) is 6.07 Å². The molecule has 1 atom stereocenters. The maximum absolute atomic E-state index is 11.3. The van der Waals surface area contributed by atoms with E-state index in [-0.39, 0.29) is 11.9 Å². The Hall–Kier alpha value is -1.76. The molecular formula is C10H11NO3. The summed E-state index contributed by atoms with van der Waals surface area (Å²) in [6.45, 7) is 5.54. The predicted octanol–water partition coefficient (Wildman–Crippen LogP) is 1.30. The quantitative estimate of drug-likeness (QED) is 0.500. The predicted molar refractivity (Wildman–Crippen MR) is 49.0 cm³/mol. The summed E-state index contributed by atoms with van der Waals surface area (Å²) in [5, 5.41) is 8.69. The minimum absolute atomic E-state index is 0.0494. The van der Waals surface area contributed by atoms with Crippen molar-refractivity contribution >= 4 is 5.97 Å². The van der Waals surface area contributed by atoms with Gasteiger partial charge in [0.2, 0.25) is 5.76 Å². The molecular weight excluding hydrogens is 182 g/mol. The monoisotopic (exact) mass is 193 g/mol. The summed E-state index contributed by atoms with van der Waals surface area (Å²) in [6, 6.07) is 1.83. The van der Waals surface area contributed by atoms with Gasteiger partial charge in [-0.15, -0.1) is 0 Å². The number of hydrogen-bond acceptors (Lipinski definition) is 4. The molecule has 0 aliphatic carbocycles. The highest BCUT2D eigenvalue weighted by molar-refractivity contribution is 5.90. The molecule has 0 aromatic heterocycles. The first kappa shape index (κ1) is 10.3. The van der Waals surface area contributed by atoms with Crippen LogP contribution in [0.15, 0.2) is 24.0 Å². The Bertz CT molecular complexity index is 325.